The van der Waals surface area contributed by atoms with Crippen LogP contribution in [-0.4, -0.2) is 0 Å². The minimum atomic E-state index is 0. The van der Waals surface area contributed by atoms with Gasteiger partial charge in [-0.05, 0) is 0 Å². The van der Waals surface area contributed by atoms with E-state index in [2.05, 4.69) is 0 Å². The van der Waals surface area contributed by atoms with Gasteiger partial charge < -0.3 is 0 Å². The van der Waals surface area contributed by atoms with Gasteiger partial charge in [-0.2, -0.15) is 0 Å². The van der Waals surface area contributed by atoms with Gasteiger partial charge in [0.15, 0.2) is 0 Å². The van der Waals surface area contributed by atoms with Gasteiger partial charge in [0, 0.05) is 121 Å². The quantitative estimate of drug-likeness (QED) is 0.472. The first-order valence-corrected chi connectivity index (χ1v) is 0. The fraction of sp³-hybridized carbons (Fsp3) is 0. The molecule has 0 saturated carbocycles. The molecule has 0 fully saturated rings. The molecular formula is CeCuLaZr. The van der Waals surface area contributed by atoms with Gasteiger partial charge in [-0.1, -0.05) is 0 Å². The Morgan fingerprint density at radius 2 is 1.00 bits per heavy atom. The normalized spacial score (nSPS) is 0. The SMILES string of the molecule is [Ce].[Cu].[La].[Zr]. The van der Waals surface area contributed by atoms with E-state index in [-0.39, 0.29) is 121 Å². The molecule has 22 valence electrons. The van der Waals surface area contributed by atoms with E-state index in [4.69, 9.17) is 0 Å². The summed E-state index contributed by atoms with van der Waals surface area (Å²) in [7, 11) is 0. The minimum Gasteiger partial charge on any atom is 0 e. The second kappa shape index (κ2) is 15.8. The summed E-state index contributed by atoms with van der Waals surface area (Å²) in [4.78, 5) is 0. The predicted molar refractivity (Wildman–Crippen MR) is 0 cm³/mol. The van der Waals surface area contributed by atoms with E-state index >= 15 is 0 Å². The molecule has 0 rings (SSSR count). The van der Waals surface area contributed by atoms with Gasteiger partial charge in [0.25, 0.3) is 0 Å². The van der Waals surface area contributed by atoms with Crippen molar-refractivity contribution in [2.45, 2.75) is 0 Å². The van der Waals surface area contributed by atoms with Crippen molar-refractivity contribution < 1.29 is 121 Å². The third-order valence-electron chi connectivity index (χ3n) is 0. The van der Waals surface area contributed by atoms with Crippen LogP contribution in [0.1, 0.15) is 0 Å². The van der Waals surface area contributed by atoms with Gasteiger partial charge in [0.1, 0.15) is 0 Å². The molecule has 0 aromatic heterocycles. The standard InChI is InChI=1S/Ce.Cu.La.Zr. The van der Waals surface area contributed by atoms with Gasteiger partial charge in [0.2, 0.25) is 0 Å². The Hall–Kier alpha value is 3.97. The molecule has 0 amide bonds. The molecule has 0 aliphatic rings. The fourth-order valence-corrected chi connectivity index (χ4v) is 0. The molecule has 0 unspecified atom stereocenters. The molecular weight excluding hydrogens is 434 g/mol. The summed E-state index contributed by atoms with van der Waals surface area (Å²) < 4.78 is 0. The van der Waals surface area contributed by atoms with Crippen molar-refractivity contribution in [1.29, 1.82) is 0 Å². The van der Waals surface area contributed by atoms with Crippen LogP contribution in [0, 0.1) is 77.3 Å². The van der Waals surface area contributed by atoms with Crippen LogP contribution in [-0.2, 0) is 43.3 Å². The van der Waals surface area contributed by atoms with Crippen molar-refractivity contribution in [3.8, 4) is 0 Å². The van der Waals surface area contributed by atoms with Gasteiger partial charge in [0.05, 0.1) is 0 Å². The number of hydrogen-bond acceptors (Lipinski definition) is 0. The van der Waals surface area contributed by atoms with Crippen molar-refractivity contribution in [1.82, 2.24) is 0 Å². The summed E-state index contributed by atoms with van der Waals surface area (Å²) in [5.41, 5.74) is 0. The van der Waals surface area contributed by atoms with E-state index < -0.39 is 0 Å². The van der Waals surface area contributed by atoms with E-state index in [0.717, 1.165) is 0 Å². The Balaban J connectivity index is 0. The average Bonchev–Trinajstić information content (AvgIpc) is 0. The van der Waals surface area contributed by atoms with Crippen molar-refractivity contribution in [3.05, 3.63) is 0 Å². The summed E-state index contributed by atoms with van der Waals surface area (Å²) in [6.45, 7) is 0. The van der Waals surface area contributed by atoms with Crippen LogP contribution in [0.25, 0.3) is 0 Å². The third kappa shape index (κ3) is 9.36. The molecule has 4 heavy (non-hydrogen) atoms. The number of hydrogen-bond donors (Lipinski definition) is 0. The molecule has 0 heterocycles. The van der Waals surface area contributed by atoms with Crippen molar-refractivity contribution in [3.63, 3.8) is 0 Å². The molecule has 4 heteroatoms. The first kappa shape index (κ1) is 24.6. The zero-order valence-electron chi connectivity index (χ0n) is 1.88. The minimum absolute atomic E-state index is 0. The molecule has 0 aliphatic carbocycles. The number of rotatable bonds is 0. The van der Waals surface area contributed by atoms with E-state index in [0.29, 0.717) is 0 Å². The van der Waals surface area contributed by atoms with Crippen LogP contribution in [0.4, 0.5) is 0 Å². The summed E-state index contributed by atoms with van der Waals surface area (Å²) in [5, 5.41) is 0. The zero-order valence-corrected chi connectivity index (χ0v) is 12.0. The van der Waals surface area contributed by atoms with Crippen LogP contribution >= 0.6 is 0 Å². The van der Waals surface area contributed by atoms with Crippen molar-refractivity contribution >= 4 is 0 Å². The molecule has 0 N–H and O–H groups in total. The van der Waals surface area contributed by atoms with Crippen molar-refractivity contribution in [2.24, 2.45) is 0 Å². The molecule has 0 aromatic rings. The molecule has 0 bridgehead atoms. The summed E-state index contributed by atoms with van der Waals surface area (Å²) in [6, 6.07) is 0. The predicted octanol–water partition coefficient (Wildman–Crippen LogP) is -0.00500. The third-order valence-corrected chi connectivity index (χ3v) is 0. The van der Waals surface area contributed by atoms with Gasteiger partial charge >= 0.3 is 0 Å². The monoisotopic (exact) mass is 432 g/mol. The molecule has 0 spiro atoms. The maximum Gasteiger partial charge on any atom is 0 e. The Morgan fingerprint density at radius 1 is 1.00 bits per heavy atom. The van der Waals surface area contributed by atoms with E-state index in [1.165, 1.54) is 0 Å². The molecule has 0 saturated heterocycles. The maximum atomic E-state index is 0. The first-order chi connectivity index (χ1) is 0. The van der Waals surface area contributed by atoms with E-state index in [9.17, 15) is 0 Å². The Kier molecular flexibility index (Phi) is 96.8. The molecule has 0 aromatic carbocycles. The summed E-state index contributed by atoms with van der Waals surface area (Å²) in [6.07, 6.45) is 0. The topological polar surface area (TPSA) is 0 Å². The summed E-state index contributed by atoms with van der Waals surface area (Å²) >= 11 is 0. The Morgan fingerprint density at radius 3 is 1.00 bits per heavy atom. The largest absolute Gasteiger partial charge is 0 e. The molecule has 0 aliphatic heterocycles. The van der Waals surface area contributed by atoms with Crippen LogP contribution < -0.4 is 0 Å². The fourth-order valence-electron chi connectivity index (χ4n) is 0. The Labute approximate surface area is 117 Å². The molecule has 0 nitrogen and oxygen atoms in total. The Bertz CT molecular complexity index is 8.00. The smallest absolute Gasteiger partial charge is 0 e. The van der Waals surface area contributed by atoms with Crippen LogP contribution in [0.15, 0.2) is 0 Å². The first-order valence-electron chi connectivity index (χ1n) is 0. The van der Waals surface area contributed by atoms with Crippen LogP contribution in [0.5, 0.6) is 0 Å². The summed E-state index contributed by atoms with van der Waals surface area (Å²) in [5.74, 6) is 0. The molecule has 0 atom stereocenters. The van der Waals surface area contributed by atoms with E-state index in [1.54, 1.807) is 0 Å². The van der Waals surface area contributed by atoms with Gasteiger partial charge in [-0.15, -0.1) is 0 Å². The van der Waals surface area contributed by atoms with Crippen LogP contribution in [0.2, 0.25) is 0 Å². The zero-order chi connectivity index (χ0) is 0. The van der Waals surface area contributed by atoms with E-state index in [1.807, 2.05) is 0 Å². The van der Waals surface area contributed by atoms with Gasteiger partial charge in [-0.25, -0.2) is 0 Å². The maximum absolute atomic E-state index is 0. The average molecular weight is 434 g/mol. The molecule has 2 radical (unpaired) electrons. The van der Waals surface area contributed by atoms with Gasteiger partial charge in [-0.3, -0.25) is 0 Å². The second-order valence-corrected chi connectivity index (χ2v) is 0. The van der Waals surface area contributed by atoms with Crippen molar-refractivity contribution in [2.75, 3.05) is 0 Å². The second-order valence-electron chi connectivity index (χ2n) is 0. The van der Waals surface area contributed by atoms with Crippen LogP contribution in [0.3, 0.4) is 0 Å².